The van der Waals surface area contributed by atoms with Gasteiger partial charge in [0.25, 0.3) is 11.6 Å². The lowest BCUT2D eigenvalue weighted by molar-refractivity contribution is -0.384. The summed E-state index contributed by atoms with van der Waals surface area (Å²) < 4.78 is 5.24. The standard InChI is InChI=1S/C14H18N4O3/c1-8-7-9(18(19)20)5-6-10(8)13-16-12(17-21-13)11(15)14(2,3)4/h5-7,11H,15H2,1-4H3. The number of rotatable bonds is 3. The monoisotopic (exact) mass is 290 g/mol. The average molecular weight is 290 g/mol. The Morgan fingerprint density at radius 3 is 2.57 bits per heavy atom. The Bertz CT molecular complexity index is 673. The molecule has 0 saturated carbocycles. The van der Waals surface area contributed by atoms with Gasteiger partial charge in [0.2, 0.25) is 0 Å². The van der Waals surface area contributed by atoms with Crippen LogP contribution in [0.15, 0.2) is 22.7 Å². The molecule has 0 aliphatic heterocycles. The summed E-state index contributed by atoms with van der Waals surface area (Å²) in [6, 6.07) is 4.14. The third-order valence-corrected chi connectivity index (χ3v) is 3.30. The average Bonchev–Trinajstić information content (AvgIpc) is 2.85. The maximum absolute atomic E-state index is 10.7. The van der Waals surface area contributed by atoms with Crippen molar-refractivity contribution in [2.45, 2.75) is 33.7 Å². The van der Waals surface area contributed by atoms with Crippen molar-refractivity contribution in [1.29, 1.82) is 0 Å². The van der Waals surface area contributed by atoms with Crippen molar-refractivity contribution in [1.82, 2.24) is 10.1 Å². The lowest BCUT2D eigenvalue weighted by Gasteiger charge is -2.23. The minimum atomic E-state index is -0.439. The van der Waals surface area contributed by atoms with Gasteiger partial charge in [0, 0.05) is 17.7 Å². The van der Waals surface area contributed by atoms with Gasteiger partial charge in [-0.3, -0.25) is 10.1 Å². The first kappa shape index (κ1) is 15.1. The van der Waals surface area contributed by atoms with Crippen molar-refractivity contribution in [3.05, 3.63) is 39.7 Å². The number of hydrogen-bond donors (Lipinski definition) is 1. The quantitative estimate of drug-likeness (QED) is 0.687. The van der Waals surface area contributed by atoms with Gasteiger partial charge in [-0.25, -0.2) is 0 Å². The molecule has 0 aliphatic rings. The van der Waals surface area contributed by atoms with Crippen molar-refractivity contribution >= 4 is 5.69 Å². The SMILES string of the molecule is Cc1cc([N+](=O)[O-])ccc1-c1nc(C(N)C(C)(C)C)no1. The van der Waals surface area contributed by atoms with E-state index in [1.807, 2.05) is 20.8 Å². The van der Waals surface area contributed by atoms with Crippen LogP contribution in [0.4, 0.5) is 5.69 Å². The van der Waals surface area contributed by atoms with E-state index in [9.17, 15) is 10.1 Å². The maximum atomic E-state index is 10.7. The van der Waals surface area contributed by atoms with Crippen LogP contribution in [-0.2, 0) is 0 Å². The van der Waals surface area contributed by atoms with Gasteiger partial charge < -0.3 is 10.3 Å². The number of nitro benzene ring substituents is 1. The first-order chi connectivity index (χ1) is 9.70. The molecule has 0 saturated heterocycles. The van der Waals surface area contributed by atoms with Gasteiger partial charge in [-0.2, -0.15) is 4.98 Å². The fourth-order valence-corrected chi connectivity index (χ4v) is 1.86. The summed E-state index contributed by atoms with van der Waals surface area (Å²) in [6.07, 6.45) is 0. The van der Waals surface area contributed by atoms with Gasteiger partial charge in [0.05, 0.1) is 11.0 Å². The summed E-state index contributed by atoms with van der Waals surface area (Å²) in [4.78, 5) is 14.6. The highest BCUT2D eigenvalue weighted by molar-refractivity contribution is 5.61. The highest BCUT2D eigenvalue weighted by Crippen LogP contribution is 2.31. The van der Waals surface area contributed by atoms with Crippen LogP contribution in [0.2, 0.25) is 0 Å². The molecule has 21 heavy (non-hydrogen) atoms. The van der Waals surface area contributed by atoms with E-state index >= 15 is 0 Å². The Balaban J connectivity index is 2.36. The van der Waals surface area contributed by atoms with Crippen molar-refractivity contribution in [2.75, 3.05) is 0 Å². The van der Waals surface area contributed by atoms with Crippen molar-refractivity contribution in [2.24, 2.45) is 11.1 Å². The normalized spacial score (nSPS) is 13.2. The number of aromatic nitrogens is 2. The zero-order valence-corrected chi connectivity index (χ0v) is 12.5. The van der Waals surface area contributed by atoms with Crippen LogP contribution in [0.5, 0.6) is 0 Å². The van der Waals surface area contributed by atoms with Crippen LogP contribution in [0.1, 0.15) is 38.2 Å². The molecule has 1 aromatic carbocycles. The second-order valence-electron chi connectivity index (χ2n) is 6.06. The molecule has 7 nitrogen and oxygen atoms in total. The Kier molecular flexibility index (Phi) is 3.78. The van der Waals surface area contributed by atoms with Crippen molar-refractivity contribution < 1.29 is 9.45 Å². The molecule has 2 N–H and O–H groups in total. The molecule has 0 bridgehead atoms. The van der Waals surface area contributed by atoms with Crippen LogP contribution >= 0.6 is 0 Å². The predicted octanol–water partition coefficient (Wildman–Crippen LogP) is 3.00. The summed E-state index contributed by atoms with van der Waals surface area (Å²) in [6.45, 7) is 7.73. The number of nitro groups is 1. The molecule has 0 fully saturated rings. The number of aryl methyl sites for hydroxylation is 1. The van der Waals surface area contributed by atoms with E-state index in [-0.39, 0.29) is 17.1 Å². The molecule has 1 unspecified atom stereocenters. The molecule has 1 atom stereocenters. The number of hydrogen-bond acceptors (Lipinski definition) is 6. The zero-order chi connectivity index (χ0) is 15.8. The molecular weight excluding hydrogens is 272 g/mol. The minimum Gasteiger partial charge on any atom is -0.334 e. The minimum absolute atomic E-state index is 0.0300. The smallest absolute Gasteiger partial charge is 0.269 e. The van der Waals surface area contributed by atoms with Crippen LogP contribution < -0.4 is 5.73 Å². The molecule has 1 heterocycles. The lowest BCUT2D eigenvalue weighted by Crippen LogP contribution is -2.27. The number of nitrogens with two attached hydrogens (primary N) is 1. The summed E-state index contributed by atoms with van der Waals surface area (Å²) in [5.41, 5.74) is 7.30. The number of benzene rings is 1. The first-order valence-corrected chi connectivity index (χ1v) is 6.54. The molecule has 0 amide bonds. The van der Waals surface area contributed by atoms with Gasteiger partial charge in [-0.1, -0.05) is 25.9 Å². The summed E-state index contributed by atoms with van der Waals surface area (Å²) in [7, 11) is 0. The lowest BCUT2D eigenvalue weighted by atomic mass is 9.87. The van der Waals surface area contributed by atoms with E-state index in [0.29, 0.717) is 22.8 Å². The molecular formula is C14H18N4O3. The van der Waals surface area contributed by atoms with Gasteiger partial charge >= 0.3 is 0 Å². The van der Waals surface area contributed by atoms with Crippen molar-refractivity contribution in [3.8, 4) is 11.5 Å². The third kappa shape index (κ3) is 3.08. The van der Waals surface area contributed by atoms with E-state index in [2.05, 4.69) is 10.1 Å². The van der Waals surface area contributed by atoms with E-state index in [0.717, 1.165) is 0 Å². The molecule has 0 radical (unpaired) electrons. The van der Waals surface area contributed by atoms with E-state index in [4.69, 9.17) is 10.3 Å². The topological polar surface area (TPSA) is 108 Å². The second-order valence-corrected chi connectivity index (χ2v) is 6.06. The largest absolute Gasteiger partial charge is 0.334 e. The van der Waals surface area contributed by atoms with Crippen LogP contribution in [0.3, 0.4) is 0 Å². The Labute approximate surface area is 122 Å². The Morgan fingerprint density at radius 2 is 2.05 bits per heavy atom. The molecule has 0 spiro atoms. The summed E-state index contributed by atoms with van der Waals surface area (Å²) in [5, 5.41) is 14.7. The molecule has 7 heteroatoms. The van der Waals surface area contributed by atoms with E-state index < -0.39 is 4.92 Å². The zero-order valence-electron chi connectivity index (χ0n) is 12.5. The highest BCUT2D eigenvalue weighted by Gasteiger charge is 2.27. The first-order valence-electron chi connectivity index (χ1n) is 6.54. The summed E-state index contributed by atoms with van der Waals surface area (Å²) >= 11 is 0. The number of non-ortho nitro benzene ring substituents is 1. The highest BCUT2D eigenvalue weighted by atomic mass is 16.6. The predicted molar refractivity (Wildman–Crippen MR) is 77.5 cm³/mol. The van der Waals surface area contributed by atoms with E-state index in [1.54, 1.807) is 13.0 Å². The van der Waals surface area contributed by atoms with Crippen LogP contribution in [-0.4, -0.2) is 15.1 Å². The van der Waals surface area contributed by atoms with Crippen molar-refractivity contribution in [3.63, 3.8) is 0 Å². The Hall–Kier alpha value is -2.28. The van der Waals surface area contributed by atoms with E-state index in [1.165, 1.54) is 12.1 Å². The van der Waals surface area contributed by atoms with Gasteiger partial charge in [0.15, 0.2) is 5.82 Å². The van der Waals surface area contributed by atoms with Gasteiger partial charge in [-0.05, 0) is 24.0 Å². The van der Waals surface area contributed by atoms with Crippen LogP contribution in [0.25, 0.3) is 11.5 Å². The third-order valence-electron chi connectivity index (χ3n) is 3.30. The molecule has 0 aliphatic carbocycles. The van der Waals surface area contributed by atoms with Gasteiger partial charge in [0.1, 0.15) is 0 Å². The molecule has 2 rings (SSSR count). The fraction of sp³-hybridized carbons (Fsp3) is 0.429. The fourth-order valence-electron chi connectivity index (χ4n) is 1.86. The second kappa shape index (κ2) is 5.25. The molecule has 1 aromatic heterocycles. The maximum Gasteiger partial charge on any atom is 0.269 e. The Morgan fingerprint density at radius 1 is 1.38 bits per heavy atom. The number of nitrogens with zero attached hydrogens (tertiary/aromatic N) is 3. The van der Waals surface area contributed by atoms with Crippen LogP contribution in [0, 0.1) is 22.5 Å². The summed E-state index contributed by atoms with van der Waals surface area (Å²) in [5.74, 6) is 0.743. The molecule has 112 valence electrons. The van der Waals surface area contributed by atoms with Gasteiger partial charge in [-0.15, -0.1) is 0 Å². The molecule has 2 aromatic rings.